The van der Waals surface area contributed by atoms with Crippen molar-refractivity contribution in [1.29, 1.82) is 0 Å². The minimum Gasteiger partial charge on any atom is -0.368 e. The third-order valence-electron chi connectivity index (χ3n) is 16.6. The molecule has 0 bridgehead atoms. The van der Waals surface area contributed by atoms with Gasteiger partial charge in [-0.15, -0.1) is 10.2 Å². The molecule has 0 unspecified atom stereocenters. The van der Waals surface area contributed by atoms with Gasteiger partial charge in [-0.3, -0.25) is 0 Å². The second-order valence-corrected chi connectivity index (χ2v) is 23.7. The SMILES string of the molecule is CCCCCCCCc1cn(C[C@H]2O[C@H](O[C@H]3O[C@H](Cn4cc(CCCCCCCC)nn4)[C@@H](OCc4ccccc4)[C@H](OCc4ccccc4)[C@H]3OCc3ccccc3)[C@H](OCc3ccccc3)[C@@H](OCc3ccccc3)[C@@H]2OCc2ccccc2)nn1. The molecule has 2 aromatic heterocycles. The number of aryl methyl sites for hydroxylation is 2. The van der Waals surface area contributed by atoms with Crippen LogP contribution in [0.2, 0.25) is 0 Å². The van der Waals surface area contributed by atoms with E-state index in [0.717, 1.165) is 83.3 Å². The first-order chi connectivity index (χ1) is 44.0. The predicted molar refractivity (Wildman–Crippen MR) is 343 cm³/mol. The molecule has 10 rings (SSSR count). The molecule has 2 aliphatic rings. The van der Waals surface area contributed by atoms with Crippen molar-refractivity contribution in [2.75, 3.05) is 0 Å². The van der Waals surface area contributed by atoms with Crippen LogP contribution in [0.4, 0.5) is 0 Å². The van der Waals surface area contributed by atoms with Gasteiger partial charge in [-0.25, -0.2) is 9.36 Å². The summed E-state index contributed by atoms with van der Waals surface area (Å²) in [5, 5.41) is 18.8. The summed E-state index contributed by atoms with van der Waals surface area (Å²) in [7, 11) is 0. The molecule has 0 amide bonds. The molecule has 2 saturated heterocycles. The van der Waals surface area contributed by atoms with Crippen molar-refractivity contribution in [3.05, 3.63) is 239 Å². The Hall–Kier alpha value is -6.76. The Balaban J connectivity index is 1.04. The summed E-state index contributed by atoms with van der Waals surface area (Å²) >= 11 is 0. The summed E-state index contributed by atoms with van der Waals surface area (Å²) in [5.41, 5.74) is 7.77. The molecule has 10 atom stereocenters. The van der Waals surface area contributed by atoms with Gasteiger partial charge >= 0.3 is 0 Å². The highest BCUT2D eigenvalue weighted by Crippen LogP contribution is 2.37. The summed E-state index contributed by atoms with van der Waals surface area (Å²) in [5.74, 6) is 0. The summed E-state index contributed by atoms with van der Waals surface area (Å²) < 4.78 is 69.5. The van der Waals surface area contributed by atoms with Crippen LogP contribution in [0.5, 0.6) is 0 Å². The molecule has 15 nitrogen and oxygen atoms in total. The Morgan fingerprint density at radius 3 is 0.899 bits per heavy atom. The molecule has 8 aromatic rings. The molecule has 0 spiro atoms. The van der Waals surface area contributed by atoms with E-state index in [0.29, 0.717) is 0 Å². The van der Waals surface area contributed by atoms with E-state index in [4.69, 9.17) is 63.3 Å². The van der Waals surface area contributed by atoms with Gasteiger partial charge in [0.25, 0.3) is 0 Å². The van der Waals surface area contributed by atoms with Crippen LogP contribution in [0.15, 0.2) is 194 Å². The molecule has 2 aliphatic heterocycles. The van der Waals surface area contributed by atoms with E-state index < -0.39 is 61.4 Å². The second-order valence-electron chi connectivity index (χ2n) is 23.7. The van der Waals surface area contributed by atoms with Crippen LogP contribution in [-0.4, -0.2) is 91.4 Å². The van der Waals surface area contributed by atoms with Crippen LogP contribution < -0.4 is 0 Å². The van der Waals surface area contributed by atoms with Gasteiger partial charge in [-0.2, -0.15) is 0 Å². The topological polar surface area (TPSA) is 144 Å². The maximum Gasteiger partial charge on any atom is 0.190 e. The zero-order chi connectivity index (χ0) is 60.9. The predicted octanol–water partition coefficient (Wildman–Crippen LogP) is 14.4. The molecular weight excluding hydrogens is 1120 g/mol. The third kappa shape index (κ3) is 20.6. The first kappa shape index (κ1) is 65.2. The average Bonchev–Trinajstić information content (AvgIpc) is 2.91. The lowest BCUT2D eigenvalue weighted by atomic mass is 9.96. The first-order valence-electron chi connectivity index (χ1n) is 32.7. The fourth-order valence-electron chi connectivity index (χ4n) is 11.8. The van der Waals surface area contributed by atoms with Crippen molar-refractivity contribution < 1.29 is 42.6 Å². The molecule has 472 valence electrons. The lowest BCUT2D eigenvalue weighted by Gasteiger charge is -2.50. The fourth-order valence-corrected chi connectivity index (χ4v) is 11.8. The van der Waals surface area contributed by atoms with Crippen LogP contribution in [0.3, 0.4) is 0 Å². The molecular formula is C74H92N6O9. The summed E-state index contributed by atoms with van der Waals surface area (Å²) in [4.78, 5) is 0. The smallest absolute Gasteiger partial charge is 0.190 e. The number of nitrogens with zero attached hydrogens (tertiary/aromatic N) is 6. The molecule has 6 aromatic carbocycles. The number of hydrogen-bond acceptors (Lipinski definition) is 13. The standard InChI is InChI=1S/C74H92N6O9/c1-3-5-7-9-11-31-45-63-47-79(77-75-63)49-65-67(81-51-57-33-19-13-20-34-57)69(83-53-59-37-23-15-24-38-59)71(85-55-61-41-27-17-28-42-61)73(87-65)89-74-72(86-56-62-43-29-18-30-44-62)70(84-54-60-39-25-16-26-40-60)68(82-52-58-35-21-14-22-36-58)66(88-74)50-80-48-64(76-78-80)46-32-12-10-8-6-4-2/h13-30,33-44,47-48,65-74H,3-12,31-32,45-46,49-56H2,1-2H3/t65-,66-,67-,68-,69+,70+,71-,72-,73-,74-/m1/s1. The van der Waals surface area contributed by atoms with E-state index >= 15 is 0 Å². The zero-order valence-electron chi connectivity index (χ0n) is 52.2. The van der Waals surface area contributed by atoms with Crippen LogP contribution in [0, 0.1) is 0 Å². The Morgan fingerprint density at radius 2 is 0.596 bits per heavy atom. The lowest BCUT2D eigenvalue weighted by molar-refractivity contribution is -0.392. The van der Waals surface area contributed by atoms with Crippen LogP contribution >= 0.6 is 0 Å². The van der Waals surface area contributed by atoms with Crippen molar-refractivity contribution in [3.8, 4) is 0 Å². The van der Waals surface area contributed by atoms with Gasteiger partial charge in [0.2, 0.25) is 0 Å². The lowest BCUT2D eigenvalue weighted by Crippen LogP contribution is -2.65. The second kappa shape index (κ2) is 36.2. The van der Waals surface area contributed by atoms with E-state index in [2.05, 4.69) is 86.6 Å². The highest BCUT2D eigenvalue weighted by molar-refractivity contribution is 5.19. The number of benzene rings is 6. The number of hydrogen-bond donors (Lipinski definition) is 0. The van der Waals surface area contributed by atoms with Gasteiger partial charge in [0.05, 0.1) is 64.1 Å². The summed E-state index contributed by atoms with van der Waals surface area (Å²) in [6, 6.07) is 61.0. The van der Waals surface area contributed by atoms with Gasteiger partial charge in [-0.05, 0) is 59.1 Å². The fraction of sp³-hybridized carbons (Fsp3) is 0.459. The van der Waals surface area contributed by atoms with Crippen LogP contribution in [-0.2, 0) is 108 Å². The Kier molecular flexibility index (Phi) is 26.5. The van der Waals surface area contributed by atoms with Gasteiger partial charge in [0.15, 0.2) is 12.6 Å². The number of rotatable bonds is 38. The highest BCUT2D eigenvalue weighted by atomic mass is 16.8. The monoisotopic (exact) mass is 1210 g/mol. The van der Waals surface area contributed by atoms with Crippen molar-refractivity contribution in [2.24, 2.45) is 0 Å². The molecule has 2 fully saturated rings. The molecule has 4 heterocycles. The van der Waals surface area contributed by atoms with Gasteiger partial charge in [-0.1, -0.05) is 270 Å². The number of ether oxygens (including phenoxy) is 9. The maximum absolute atomic E-state index is 7.60. The van der Waals surface area contributed by atoms with E-state index in [1.54, 1.807) is 0 Å². The number of aromatic nitrogens is 6. The molecule has 0 saturated carbocycles. The Bertz CT molecular complexity index is 2930. The summed E-state index contributed by atoms with van der Waals surface area (Å²) in [6.07, 6.45) is 11.5. The van der Waals surface area contributed by atoms with Crippen molar-refractivity contribution >= 4 is 0 Å². The van der Waals surface area contributed by atoms with Crippen molar-refractivity contribution in [3.63, 3.8) is 0 Å². The molecule has 0 radical (unpaired) electrons. The summed E-state index contributed by atoms with van der Waals surface area (Å²) in [6.45, 7) is 6.55. The highest BCUT2D eigenvalue weighted by Gasteiger charge is 2.54. The number of unbranched alkanes of at least 4 members (excludes halogenated alkanes) is 10. The zero-order valence-corrected chi connectivity index (χ0v) is 52.2. The minimum atomic E-state index is -1.15. The van der Waals surface area contributed by atoms with Gasteiger partial charge in [0.1, 0.15) is 48.8 Å². The van der Waals surface area contributed by atoms with E-state index in [9.17, 15) is 0 Å². The van der Waals surface area contributed by atoms with Crippen molar-refractivity contribution in [2.45, 2.75) is 218 Å². The van der Waals surface area contributed by atoms with Crippen LogP contribution in [0.1, 0.15) is 136 Å². The molecule has 89 heavy (non-hydrogen) atoms. The average molecular weight is 1210 g/mol. The van der Waals surface area contributed by atoms with Crippen molar-refractivity contribution in [1.82, 2.24) is 30.0 Å². The Labute approximate surface area is 527 Å². The van der Waals surface area contributed by atoms with E-state index in [-0.39, 0.29) is 52.7 Å². The normalized spacial score (nSPS) is 21.9. The Morgan fingerprint density at radius 1 is 0.326 bits per heavy atom. The molecule has 0 aliphatic carbocycles. The quantitative estimate of drug-likeness (QED) is 0.0339. The molecule has 15 heteroatoms. The third-order valence-corrected chi connectivity index (χ3v) is 16.6. The van der Waals surface area contributed by atoms with E-state index in [1.165, 1.54) is 51.4 Å². The van der Waals surface area contributed by atoms with Crippen LogP contribution in [0.25, 0.3) is 0 Å². The van der Waals surface area contributed by atoms with E-state index in [1.807, 2.05) is 131 Å². The van der Waals surface area contributed by atoms with Gasteiger partial charge in [0, 0.05) is 12.4 Å². The molecule has 0 N–H and O–H groups in total. The largest absolute Gasteiger partial charge is 0.368 e. The van der Waals surface area contributed by atoms with Gasteiger partial charge < -0.3 is 42.6 Å². The first-order valence-corrected chi connectivity index (χ1v) is 32.7. The minimum absolute atomic E-state index is 0.217. The maximum atomic E-state index is 7.60.